The van der Waals surface area contributed by atoms with Crippen molar-refractivity contribution in [2.24, 2.45) is 5.41 Å². The number of aliphatic hydroxyl groups is 1. The maximum Gasteiger partial charge on any atom is 0.127 e. The molecule has 0 bridgehead atoms. The Labute approximate surface area is 100 Å². The van der Waals surface area contributed by atoms with E-state index in [1.807, 2.05) is 20.8 Å². The Morgan fingerprint density at radius 1 is 1.06 bits per heavy atom. The van der Waals surface area contributed by atoms with Crippen LogP contribution in [-0.2, 0) is 0 Å². The number of nitrogens with zero attached hydrogens (tertiary/aromatic N) is 1. The highest BCUT2D eigenvalue weighted by molar-refractivity contribution is 5.17. The first kappa shape index (κ1) is 13.5. The molecule has 0 unspecified atom stereocenters. The first-order chi connectivity index (χ1) is 7.33. The average Bonchev–Trinajstić information content (AvgIpc) is 2.17. The van der Waals surface area contributed by atoms with E-state index in [9.17, 15) is 5.11 Å². The summed E-state index contributed by atoms with van der Waals surface area (Å²) >= 11 is 0. The third-order valence-electron chi connectivity index (χ3n) is 3.54. The Morgan fingerprint density at radius 3 is 2.12 bits per heavy atom. The van der Waals surface area contributed by atoms with E-state index in [2.05, 4.69) is 16.7 Å². The Hall–Kier alpha value is -0.520. The quantitative estimate of drug-likeness (QED) is 0.689. The van der Waals surface area contributed by atoms with Crippen LogP contribution in [0.2, 0.25) is 0 Å². The van der Waals surface area contributed by atoms with E-state index in [4.69, 9.17) is 0 Å². The molecule has 2 nitrogen and oxygen atoms in total. The third-order valence-corrected chi connectivity index (χ3v) is 3.54. The summed E-state index contributed by atoms with van der Waals surface area (Å²) in [6.07, 6.45) is 3.93. The Kier molecular flexibility index (Phi) is 4.41. The third kappa shape index (κ3) is 3.81. The van der Waals surface area contributed by atoms with Crippen molar-refractivity contribution in [2.75, 3.05) is 19.6 Å². The molecule has 0 aromatic heterocycles. The lowest BCUT2D eigenvalue weighted by molar-refractivity contribution is 0.0127. The molecule has 1 aliphatic rings. The highest BCUT2D eigenvalue weighted by Gasteiger charge is 2.33. The second kappa shape index (κ2) is 5.21. The zero-order chi connectivity index (χ0) is 12.2. The smallest absolute Gasteiger partial charge is 0.127 e. The monoisotopic (exact) mass is 223 g/mol. The van der Waals surface area contributed by atoms with E-state index >= 15 is 0 Å². The summed E-state index contributed by atoms with van der Waals surface area (Å²) in [6, 6.07) is 0. The Bertz CT molecular complexity index is 271. The van der Waals surface area contributed by atoms with Crippen LogP contribution in [0.3, 0.4) is 0 Å². The van der Waals surface area contributed by atoms with Gasteiger partial charge >= 0.3 is 0 Å². The lowest BCUT2D eigenvalue weighted by Crippen LogP contribution is -2.38. The second-order valence-corrected chi connectivity index (χ2v) is 5.96. The van der Waals surface area contributed by atoms with Crippen LogP contribution in [0.25, 0.3) is 0 Å². The van der Waals surface area contributed by atoms with Crippen molar-refractivity contribution < 1.29 is 5.11 Å². The van der Waals surface area contributed by atoms with Crippen molar-refractivity contribution in [1.82, 2.24) is 4.90 Å². The van der Waals surface area contributed by atoms with Gasteiger partial charge in [0.25, 0.3) is 0 Å². The molecule has 0 saturated carbocycles. The van der Waals surface area contributed by atoms with E-state index in [0.717, 1.165) is 19.6 Å². The van der Waals surface area contributed by atoms with E-state index < -0.39 is 5.60 Å². The van der Waals surface area contributed by atoms with Gasteiger partial charge in [-0.3, -0.25) is 4.90 Å². The van der Waals surface area contributed by atoms with Gasteiger partial charge in [0.2, 0.25) is 0 Å². The maximum atomic E-state index is 10.2. The molecule has 1 aliphatic heterocycles. The summed E-state index contributed by atoms with van der Waals surface area (Å²) in [4.78, 5) is 2.37. The molecule has 0 spiro atoms. The number of hydrogen-bond donors (Lipinski definition) is 1. The van der Waals surface area contributed by atoms with Crippen LogP contribution in [0, 0.1) is 17.3 Å². The minimum Gasteiger partial charge on any atom is -0.377 e. The van der Waals surface area contributed by atoms with Gasteiger partial charge in [-0.15, -0.1) is 0 Å². The van der Waals surface area contributed by atoms with Crippen molar-refractivity contribution in [3.05, 3.63) is 0 Å². The number of piperidine rings is 1. The minimum absolute atomic E-state index is 0.193. The predicted molar refractivity (Wildman–Crippen MR) is 68.1 cm³/mol. The molecular weight excluding hydrogens is 198 g/mol. The van der Waals surface area contributed by atoms with Gasteiger partial charge in [-0.2, -0.15) is 0 Å². The molecular formula is C14H25NO. The van der Waals surface area contributed by atoms with Crippen LogP contribution in [0.5, 0.6) is 0 Å². The lowest BCUT2D eigenvalue weighted by Gasteiger charge is -2.32. The van der Waals surface area contributed by atoms with Crippen LogP contribution in [-0.4, -0.2) is 35.2 Å². The van der Waals surface area contributed by atoms with Crippen LogP contribution in [0.15, 0.2) is 0 Å². The molecule has 92 valence electrons. The Morgan fingerprint density at radius 2 is 1.62 bits per heavy atom. The first-order valence-corrected chi connectivity index (χ1v) is 6.28. The van der Waals surface area contributed by atoms with Gasteiger partial charge in [0.1, 0.15) is 5.60 Å². The molecule has 1 heterocycles. The van der Waals surface area contributed by atoms with Crippen LogP contribution in [0.1, 0.15) is 47.0 Å². The molecule has 1 N–H and O–H groups in total. The molecule has 0 aromatic rings. The number of likely N-dealkylation sites (tertiary alicyclic amines) is 1. The summed E-state index contributed by atoms with van der Waals surface area (Å²) in [5.41, 5.74) is -1.09. The van der Waals surface area contributed by atoms with Gasteiger partial charge < -0.3 is 5.11 Å². The molecule has 16 heavy (non-hydrogen) atoms. The summed E-state index contributed by atoms with van der Waals surface area (Å²) in [5.74, 6) is 6.14. The lowest BCUT2D eigenvalue weighted by atomic mass is 9.78. The van der Waals surface area contributed by atoms with Crippen LogP contribution in [0.4, 0.5) is 0 Å². The molecule has 0 aromatic carbocycles. The normalized spacial score (nSPS) is 22.1. The molecule has 0 amide bonds. The maximum absolute atomic E-state index is 10.2. The summed E-state index contributed by atoms with van der Waals surface area (Å²) < 4.78 is 0. The van der Waals surface area contributed by atoms with E-state index in [1.165, 1.54) is 19.3 Å². The first-order valence-electron chi connectivity index (χ1n) is 6.28. The van der Waals surface area contributed by atoms with Gasteiger partial charge in [-0.05, 0) is 32.9 Å². The van der Waals surface area contributed by atoms with Gasteiger partial charge in [0, 0.05) is 5.41 Å². The molecule has 1 atom stereocenters. The standard InChI is InChI=1S/C14H25NO/c1-13(2,3)14(4,16)9-8-12-15-10-6-5-7-11-15/h16H,5-7,10-12H2,1-4H3/t14-/m1/s1. The largest absolute Gasteiger partial charge is 0.377 e. The van der Waals surface area contributed by atoms with Crippen molar-refractivity contribution in [3.63, 3.8) is 0 Å². The molecule has 0 radical (unpaired) electrons. The zero-order valence-corrected chi connectivity index (χ0v) is 11.1. The van der Waals surface area contributed by atoms with E-state index in [-0.39, 0.29) is 5.41 Å². The molecule has 0 aliphatic carbocycles. The second-order valence-electron chi connectivity index (χ2n) is 5.96. The van der Waals surface area contributed by atoms with Gasteiger partial charge in [0.15, 0.2) is 0 Å². The summed E-state index contributed by atoms with van der Waals surface area (Å²) in [5, 5.41) is 10.2. The van der Waals surface area contributed by atoms with Crippen LogP contribution >= 0.6 is 0 Å². The van der Waals surface area contributed by atoms with Crippen molar-refractivity contribution in [1.29, 1.82) is 0 Å². The number of rotatable bonds is 1. The zero-order valence-electron chi connectivity index (χ0n) is 11.1. The Balaban J connectivity index is 2.47. The summed E-state index contributed by atoms with van der Waals surface area (Å²) in [7, 11) is 0. The minimum atomic E-state index is -0.900. The molecule has 1 fully saturated rings. The highest BCUT2D eigenvalue weighted by Crippen LogP contribution is 2.28. The fraction of sp³-hybridized carbons (Fsp3) is 0.857. The topological polar surface area (TPSA) is 23.5 Å². The summed E-state index contributed by atoms with van der Waals surface area (Å²) in [6.45, 7) is 11.0. The molecule has 1 saturated heterocycles. The van der Waals surface area contributed by atoms with Crippen molar-refractivity contribution in [2.45, 2.75) is 52.6 Å². The van der Waals surface area contributed by atoms with E-state index in [1.54, 1.807) is 6.92 Å². The van der Waals surface area contributed by atoms with Crippen LogP contribution < -0.4 is 0 Å². The van der Waals surface area contributed by atoms with Gasteiger partial charge in [-0.25, -0.2) is 0 Å². The predicted octanol–water partition coefficient (Wildman–Crippen LogP) is 2.27. The fourth-order valence-electron chi connectivity index (χ4n) is 1.63. The SMILES string of the molecule is CC(C)(C)[C@](C)(O)C#CCN1CCCCC1. The van der Waals surface area contributed by atoms with Crippen molar-refractivity contribution >= 4 is 0 Å². The fourth-order valence-corrected chi connectivity index (χ4v) is 1.63. The average molecular weight is 223 g/mol. The van der Waals surface area contributed by atoms with Gasteiger partial charge in [-0.1, -0.05) is 39.0 Å². The highest BCUT2D eigenvalue weighted by atomic mass is 16.3. The molecule has 2 heteroatoms. The van der Waals surface area contributed by atoms with E-state index in [0.29, 0.717) is 0 Å². The molecule has 1 rings (SSSR count). The van der Waals surface area contributed by atoms with Crippen molar-refractivity contribution in [3.8, 4) is 11.8 Å². The van der Waals surface area contributed by atoms with Gasteiger partial charge in [0.05, 0.1) is 6.54 Å². The number of hydrogen-bond acceptors (Lipinski definition) is 2.